The van der Waals surface area contributed by atoms with Crippen LogP contribution in [0.2, 0.25) is 0 Å². The second kappa shape index (κ2) is 13.0. The monoisotopic (exact) mass is 504 g/mol. The summed E-state index contributed by atoms with van der Waals surface area (Å²) in [7, 11) is 1.79. The molecule has 3 aromatic rings. The third-order valence-corrected chi connectivity index (χ3v) is 4.38. The topological polar surface area (TPSA) is 50.6 Å². The fourth-order valence-corrected chi connectivity index (χ4v) is 2.92. The maximum atomic E-state index is 5.84. The van der Waals surface area contributed by atoms with E-state index in [-0.39, 0.29) is 24.0 Å². The van der Waals surface area contributed by atoms with Crippen molar-refractivity contribution < 1.29 is 4.74 Å². The number of hydrogen-bond acceptors (Lipinski definition) is 2. The zero-order valence-corrected chi connectivity index (χ0v) is 19.1. The minimum atomic E-state index is 0. The molecule has 0 saturated heterocycles. The van der Waals surface area contributed by atoms with Crippen LogP contribution in [-0.2, 0) is 31.0 Å². The van der Waals surface area contributed by atoms with Crippen molar-refractivity contribution in [3.63, 3.8) is 0 Å². The SMILES string of the molecule is CN=C(NCCn1cccc1)NCc1cccc(COCc2ccccc2)c1.I. The molecule has 0 spiro atoms. The van der Waals surface area contributed by atoms with Crippen LogP contribution < -0.4 is 10.6 Å². The highest BCUT2D eigenvalue weighted by Gasteiger charge is 2.01. The van der Waals surface area contributed by atoms with Crippen LogP contribution in [0.5, 0.6) is 0 Å². The molecular weight excluding hydrogens is 475 g/mol. The zero-order valence-electron chi connectivity index (χ0n) is 16.8. The first kappa shape index (κ1) is 23.0. The Morgan fingerprint density at radius 2 is 1.55 bits per heavy atom. The van der Waals surface area contributed by atoms with E-state index in [9.17, 15) is 0 Å². The number of nitrogens with one attached hydrogen (secondary N) is 2. The zero-order chi connectivity index (χ0) is 19.4. The quantitative estimate of drug-likeness (QED) is 0.261. The molecular formula is C23H29IN4O. The summed E-state index contributed by atoms with van der Waals surface area (Å²) in [5, 5.41) is 6.70. The summed E-state index contributed by atoms with van der Waals surface area (Å²) in [6.07, 6.45) is 4.12. The molecule has 154 valence electrons. The number of halogens is 1. The van der Waals surface area contributed by atoms with E-state index in [4.69, 9.17) is 4.74 Å². The van der Waals surface area contributed by atoms with Crippen molar-refractivity contribution in [3.05, 3.63) is 95.8 Å². The predicted octanol–water partition coefficient (Wildman–Crippen LogP) is 4.19. The molecule has 0 fully saturated rings. The molecule has 29 heavy (non-hydrogen) atoms. The molecule has 0 bridgehead atoms. The van der Waals surface area contributed by atoms with Crippen molar-refractivity contribution in [1.29, 1.82) is 0 Å². The summed E-state index contributed by atoms with van der Waals surface area (Å²) in [6, 6.07) is 22.8. The lowest BCUT2D eigenvalue weighted by Crippen LogP contribution is -2.38. The third-order valence-electron chi connectivity index (χ3n) is 4.38. The Morgan fingerprint density at radius 1 is 0.862 bits per heavy atom. The Balaban J connectivity index is 0.00000300. The fraction of sp³-hybridized carbons (Fsp3) is 0.261. The summed E-state index contributed by atoms with van der Waals surface area (Å²) in [5.74, 6) is 0.804. The Hall–Kier alpha value is -2.32. The summed E-state index contributed by atoms with van der Waals surface area (Å²) in [5.41, 5.74) is 3.56. The molecule has 0 saturated carbocycles. The fourth-order valence-electron chi connectivity index (χ4n) is 2.92. The van der Waals surface area contributed by atoms with Crippen LogP contribution in [0, 0.1) is 0 Å². The van der Waals surface area contributed by atoms with Gasteiger partial charge in [0.05, 0.1) is 13.2 Å². The van der Waals surface area contributed by atoms with Gasteiger partial charge in [-0.15, -0.1) is 24.0 Å². The molecule has 0 atom stereocenters. The van der Waals surface area contributed by atoms with Gasteiger partial charge >= 0.3 is 0 Å². The number of rotatable bonds is 9. The first-order valence-electron chi connectivity index (χ1n) is 9.58. The molecule has 2 N–H and O–H groups in total. The molecule has 5 nitrogen and oxygen atoms in total. The van der Waals surface area contributed by atoms with E-state index in [1.165, 1.54) is 16.7 Å². The maximum absolute atomic E-state index is 5.84. The standard InChI is InChI=1S/C23H28N4O.HI/c1-24-23(25-12-15-27-13-5-6-14-27)26-17-21-10-7-11-22(16-21)19-28-18-20-8-3-2-4-9-20;/h2-11,13-14,16H,12,15,17-19H2,1H3,(H2,24,25,26);1H. The largest absolute Gasteiger partial charge is 0.372 e. The Bertz CT molecular complexity index is 850. The Kier molecular flexibility index (Phi) is 10.3. The predicted molar refractivity (Wildman–Crippen MR) is 129 cm³/mol. The first-order chi connectivity index (χ1) is 13.8. The average molecular weight is 504 g/mol. The molecule has 3 rings (SSSR count). The van der Waals surface area contributed by atoms with Gasteiger partial charge in [-0.2, -0.15) is 0 Å². The van der Waals surface area contributed by atoms with E-state index in [1.807, 2.05) is 30.3 Å². The molecule has 0 unspecified atom stereocenters. The first-order valence-corrected chi connectivity index (χ1v) is 9.58. The number of hydrogen-bond donors (Lipinski definition) is 2. The third kappa shape index (κ3) is 8.29. The van der Waals surface area contributed by atoms with Gasteiger partial charge in [0.1, 0.15) is 0 Å². The van der Waals surface area contributed by atoms with Gasteiger partial charge in [-0.1, -0.05) is 54.6 Å². The number of ether oxygens (including phenoxy) is 1. The van der Waals surface area contributed by atoms with Crippen LogP contribution in [0.15, 0.2) is 84.1 Å². The van der Waals surface area contributed by atoms with Crippen LogP contribution in [0.4, 0.5) is 0 Å². The minimum Gasteiger partial charge on any atom is -0.372 e. The summed E-state index contributed by atoms with van der Waals surface area (Å²) in [6.45, 7) is 3.67. The normalized spacial score (nSPS) is 11.0. The van der Waals surface area contributed by atoms with Gasteiger partial charge in [-0.05, 0) is 28.8 Å². The van der Waals surface area contributed by atoms with Crippen LogP contribution in [0.3, 0.4) is 0 Å². The molecule has 0 aliphatic rings. The molecule has 6 heteroatoms. The molecule has 1 heterocycles. The van der Waals surface area contributed by atoms with E-state index in [2.05, 4.69) is 69.0 Å². The van der Waals surface area contributed by atoms with Gasteiger partial charge in [0.2, 0.25) is 0 Å². The highest BCUT2D eigenvalue weighted by atomic mass is 127. The van der Waals surface area contributed by atoms with Crippen molar-refractivity contribution >= 4 is 29.9 Å². The van der Waals surface area contributed by atoms with Crippen LogP contribution >= 0.6 is 24.0 Å². The van der Waals surface area contributed by atoms with Crippen molar-refractivity contribution in [2.45, 2.75) is 26.3 Å². The van der Waals surface area contributed by atoms with Gasteiger partial charge in [-0.3, -0.25) is 4.99 Å². The van der Waals surface area contributed by atoms with E-state index >= 15 is 0 Å². The maximum Gasteiger partial charge on any atom is 0.191 e. The van der Waals surface area contributed by atoms with Crippen molar-refractivity contribution in [2.24, 2.45) is 4.99 Å². The average Bonchev–Trinajstić information content (AvgIpc) is 3.25. The number of nitrogens with zero attached hydrogens (tertiary/aromatic N) is 2. The second-order valence-electron chi connectivity index (χ2n) is 6.57. The Labute approximate surface area is 190 Å². The highest BCUT2D eigenvalue weighted by molar-refractivity contribution is 14.0. The van der Waals surface area contributed by atoms with Crippen LogP contribution in [0.25, 0.3) is 0 Å². The molecule has 0 radical (unpaired) electrons. The minimum absolute atomic E-state index is 0. The lowest BCUT2D eigenvalue weighted by atomic mass is 10.1. The van der Waals surface area contributed by atoms with Gasteiger partial charge < -0.3 is 19.9 Å². The van der Waals surface area contributed by atoms with Crippen molar-refractivity contribution in [1.82, 2.24) is 15.2 Å². The van der Waals surface area contributed by atoms with E-state index in [0.717, 1.165) is 25.6 Å². The van der Waals surface area contributed by atoms with Gasteiger partial charge in [0, 0.05) is 39.1 Å². The van der Waals surface area contributed by atoms with Gasteiger partial charge in [-0.25, -0.2) is 0 Å². The molecule has 2 aromatic carbocycles. The van der Waals surface area contributed by atoms with Crippen molar-refractivity contribution in [3.8, 4) is 0 Å². The van der Waals surface area contributed by atoms with Gasteiger partial charge in [0.15, 0.2) is 5.96 Å². The van der Waals surface area contributed by atoms with E-state index < -0.39 is 0 Å². The second-order valence-corrected chi connectivity index (χ2v) is 6.57. The Morgan fingerprint density at radius 3 is 2.31 bits per heavy atom. The number of aliphatic imine (C=N–C) groups is 1. The van der Waals surface area contributed by atoms with E-state index in [0.29, 0.717) is 13.2 Å². The van der Waals surface area contributed by atoms with E-state index in [1.54, 1.807) is 7.05 Å². The van der Waals surface area contributed by atoms with Gasteiger partial charge in [0.25, 0.3) is 0 Å². The molecule has 0 aliphatic heterocycles. The highest BCUT2D eigenvalue weighted by Crippen LogP contribution is 2.09. The summed E-state index contributed by atoms with van der Waals surface area (Å²) in [4.78, 5) is 4.29. The van der Waals surface area contributed by atoms with Crippen LogP contribution in [-0.4, -0.2) is 24.1 Å². The summed E-state index contributed by atoms with van der Waals surface area (Å²) < 4.78 is 7.98. The number of aromatic nitrogens is 1. The summed E-state index contributed by atoms with van der Waals surface area (Å²) >= 11 is 0. The smallest absolute Gasteiger partial charge is 0.191 e. The van der Waals surface area contributed by atoms with Crippen molar-refractivity contribution in [2.75, 3.05) is 13.6 Å². The number of benzene rings is 2. The number of guanidine groups is 1. The lowest BCUT2D eigenvalue weighted by Gasteiger charge is -2.13. The molecule has 0 aliphatic carbocycles. The van der Waals surface area contributed by atoms with Crippen LogP contribution in [0.1, 0.15) is 16.7 Å². The molecule has 1 aromatic heterocycles. The lowest BCUT2D eigenvalue weighted by molar-refractivity contribution is 0.107. The molecule has 0 amide bonds.